The maximum Gasteiger partial charge on any atom is 0.144 e. The monoisotopic (exact) mass is 179 g/mol. The summed E-state index contributed by atoms with van der Waals surface area (Å²) in [4.78, 5) is 8.56. The van der Waals surface area contributed by atoms with Gasteiger partial charge in [0.25, 0.3) is 0 Å². The fourth-order valence-electron chi connectivity index (χ4n) is 1.15. The Morgan fingerprint density at radius 1 is 1.31 bits per heavy atom. The van der Waals surface area contributed by atoms with Crippen LogP contribution in [-0.2, 0) is 6.42 Å². The lowest BCUT2D eigenvalue weighted by Gasteiger charge is -2.05. The molecule has 1 rings (SSSR count). The largest absolute Gasteiger partial charge is 0.369 e. The molecule has 3 heteroatoms. The molecule has 0 amide bonds. The lowest BCUT2D eigenvalue weighted by molar-refractivity contribution is 0.633. The maximum atomic E-state index is 4.31. The minimum atomic E-state index is 0.638. The fourth-order valence-corrected chi connectivity index (χ4v) is 1.15. The van der Waals surface area contributed by atoms with Gasteiger partial charge in [-0.15, -0.1) is 0 Å². The molecule has 0 aliphatic carbocycles. The third-order valence-corrected chi connectivity index (χ3v) is 1.68. The summed E-state index contributed by atoms with van der Waals surface area (Å²) in [5.74, 6) is 1.49. The number of nitrogens with one attached hydrogen (secondary N) is 1. The highest BCUT2D eigenvalue weighted by molar-refractivity contribution is 5.30. The number of rotatable bonds is 4. The number of hydrogen-bond donors (Lipinski definition) is 1. The van der Waals surface area contributed by atoms with E-state index in [9.17, 15) is 0 Å². The SMILES string of the molecule is CCNc1cnc(CC(C)C)cn1. The van der Waals surface area contributed by atoms with Crippen molar-refractivity contribution in [3.05, 3.63) is 18.1 Å². The Balaban J connectivity index is 2.59. The second kappa shape index (κ2) is 4.80. The van der Waals surface area contributed by atoms with Gasteiger partial charge in [0, 0.05) is 6.54 Å². The van der Waals surface area contributed by atoms with Gasteiger partial charge >= 0.3 is 0 Å². The van der Waals surface area contributed by atoms with Crippen molar-refractivity contribution in [2.24, 2.45) is 5.92 Å². The minimum Gasteiger partial charge on any atom is -0.369 e. The van der Waals surface area contributed by atoms with Gasteiger partial charge < -0.3 is 5.32 Å². The van der Waals surface area contributed by atoms with E-state index in [0.717, 1.165) is 24.5 Å². The van der Waals surface area contributed by atoms with Crippen molar-refractivity contribution in [3.63, 3.8) is 0 Å². The molecule has 1 heterocycles. The zero-order valence-electron chi connectivity index (χ0n) is 8.54. The van der Waals surface area contributed by atoms with E-state index in [0.29, 0.717) is 5.92 Å². The maximum absolute atomic E-state index is 4.31. The molecular weight excluding hydrogens is 162 g/mol. The second-order valence-electron chi connectivity index (χ2n) is 3.52. The van der Waals surface area contributed by atoms with Gasteiger partial charge in [-0.3, -0.25) is 4.98 Å². The van der Waals surface area contributed by atoms with Gasteiger partial charge in [0.2, 0.25) is 0 Å². The molecule has 13 heavy (non-hydrogen) atoms. The summed E-state index contributed by atoms with van der Waals surface area (Å²) in [5, 5.41) is 3.11. The highest BCUT2D eigenvalue weighted by Crippen LogP contribution is 2.05. The van der Waals surface area contributed by atoms with Crippen molar-refractivity contribution in [2.75, 3.05) is 11.9 Å². The van der Waals surface area contributed by atoms with E-state index in [4.69, 9.17) is 0 Å². The molecule has 0 aromatic carbocycles. The van der Waals surface area contributed by atoms with Crippen molar-refractivity contribution >= 4 is 5.82 Å². The van der Waals surface area contributed by atoms with Crippen LogP contribution in [0.2, 0.25) is 0 Å². The van der Waals surface area contributed by atoms with Gasteiger partial charge in [-0.05, 0) is 19.3 Å². The lowest BCUT2D eigenvalue weighted by Crippen LogP contribution is -2.02. The quantitative estimate of drug-likeness (QED) is 0.769. The van der Waals surface area contributed by atoms with E-state index in [1.54, 1.807) is 6.20 Å². The molecule has 0 aliphatic heterocycles. The topological polar surface area (TPSA) is 37.8 Å². The molecule has 1 aromatic rings. The third-order valence-electron chi connectivity index (χ3n) is 1.68. The second-order valence-corrected chi connectivity index (χ2v) is 3.52. The van der Waals surface area contributed by atoms with Gasteiger partial charge in [0.05, 0.1) is 18.1 Å². The Hall–Kier alpha value is -1.12. The van der Waals surface area contributed by atoms with E-state index in [2.05, 4.69) is 29.1 Å². The Labute approximate surface area is 79.6 Å². The molecule has 0 fully saturated rings. The van der Waals surface area contributed by atoms with Crippen LogP contribution in [0.4, 0.5) is 5.82 Å². The van der Waals surface area contributed by atoms with E-state index in [1.807, 2.05) is 13.1 Å². The van der Waals surface area contributed by atoms with Crippen LogP contribution in [0, 0.1) is 5.92 Å². The molecule has 0 bridgehead atoms. The average molecular weight is 179 g/mol. The Kier molecular flexibility index (Phi) is 3.68. The summed E-state index contributed by atoms with van der Waals surface area (Å²) in [6.07, 6.45) is 4.64. The van der Waals surface area contributed by atoms with Gasteiger partial charge in [-0.1, -0.05) is 13.8 Å². The average Bonchev–Trinajstić information content (AvgIpc) is 2.08. The minimum absolute atomic E-state index is 0.638. The summed E-state index contributed by atoms with van der Waals surface area (Å²) >= 11 is 0. The molecule has 72 valence electrons. The lowest BCUT2D eigenvalue weighted by atomic mass is 10.1. The highest BCUT2D eigenvalue weighted by Gasteiger charge is 1.99. The van der Waals surface area contributed by atoms with Crippen molar-refractivity contribution in [1.82, 2.24) is 9.97 Å². The first-order chi connectivity index (χ1) is 6.22. The summed E-state index contributed by atoms with van der Waals surface area (Å²) < 4.78 is 0. The summed E-state index contributed by atoms with van der Waals surface area (Å²) in [5.41, 5.74) is 1.07. The molecule has 0 aliphatic rings. The van der Waals surface area contributed by atoms with Crippen molar-refractivity contribution < 1.29 is 0 Å². The van der Waals surface area contributed by atoms with Crippen LogP contribution in [-0.4, -0.2) is 16.5 Å². The summed E-state index contributed by atoms with van der Waals surface area (Å²) in [6.45, 7) is 7.29. The molecular formula is C10H17N3. The molecule has 1 N–H and O–H groups in total. The first kappa shape index (κ1) is 9.96. The van der Waals surface area contributed by atoms with Crippen molar-refractivity contribution in [3.8, 4) is 0 Å². The van der Waals surface area contributed by atoms with Crippen LogP contribution in [0.15, 0.2) is 12.4 Å². The highest BCUT2D eigenvalue weighted by atomic mass is 15.0. The molecule has 1 aromatic heterocycles. The molecule has 0 radical (unpaired) electrons. The summed E-state index contributed by atoms with van der Waals surface area (Å²) in [6, 6.07) is 0. The van der Waals surface area contributed by atoms with Crippen molar-refractivity contribution in [1.29, 1.82) is 0 Å². The van der Waals surface area contributed by atoms with Gasteiger partial charge in [0.1, 0.15) is 5.82 Å². The zero-order valence-corrected chi connectivity index (χ0v) is 8.54. The zero-order chi connectivity index (χ0) is 9.68. The Morgan fingerprint density at radius 3 is 2.54 bits per heavy atom. The molecule has 3 nitrogen and oxygen atoms in total. The number of aromatic nitrogens is 2. The Morgan fingerprint density at radius 2 is 2.08 bits per heavy atom. The van der Waals surface area contributed by atoms with E-state index in [-0.39, 0.29) is 0 Å². The van der Waals surface area contributed by atoms with Crippen LogP contribution in [0.1, 0.15) is 26.5 Å². The van der Waals surface area contributed by atoms with E-state index in [1.165, 1.54) is 0 Å². The molecule has 0 unspecified atom stereocenters. The van der Waals surface area contributed by atoms with Crippen LogP contribution >= 0.6 is 0 Å². The molecule has 0 spiro atoms. The predicted molar refractivity (Wildman–Crippen MR) is 54.7 cm³/mol. The van der Waals surface area contributed by atoms with Gasteiger partial charge in [-0.25, -0.2) is 4.98 Å². The van der Waals surface area contributed by atoms with E-state index < -0.39 is 0 Å². The molecule has 0 saturated carbocycles. The normalized spacial score (nSPS) is 10.5. The third kappa shape index (κ3) is 3.40. The van der Waals surface area contributed by atoms with E-state index >= 15 is 0 Å². The number of anilines is 1. The number of nitrogens with zero attached hydrogens (tertiary/aromatic N) is 2. The van der Waals surface area contributed by atoms with Crippen LogP contribution < -0.4 is 5.32 Å². The molecule has 0 saturated heterocycles. The molecule has 0 atom stereocenters. The Bertz CT molecular complexity index is 241. The standard InChI is InChI=1S/C10H17N3/c1-4-11-10-7-12-9(6-13-10)5-8(2)3/h6-8H,4-5H2,1-3H3,(H,11,13). The summed E-state index contributed by atoms with van der Waals surface area (Å²) in [7, 11) is 0. The predicted octanol–water partition coefficient (Wildman–Crippen LogP) is 2.11. The van der Waals surface area contributed by atoms with Crippen LogP contribution in [0.25, 0.3) is 0 Å². The smallest absolute Gasteiger partial charge is 0.144 e. The first-order valence-electron chi connectivity index (χ1n) is 4.77. The first-order valence-corrected chi connectivity index (χ1v) is 4.77. The van der Waals surface area contributed by atoms with Crippen molar-refractivity contribution in [2.45, 2.75) is 27.2 Å². The number of hydrogen-bond acceptors (Lipinski definition) is 3. The van der Waals surface area contributed by atoms with Gasteiger partial charge in [-0.2, -0.15) is 0 Å². The fraction of sp³-hybridized carbons (Fsp3) is 0.600. The van der Waals surface area contributed by atoms with Crippen LogP contribution in [0.3, 0.4) is 0 Å². The van der Waals surface area contributed by atoms with Crippen LogP contribution in [0.5, 0.6) is 0 Å². The van der Waals surface area contributed by atoms with Gasteiger partial charge in [0.15, 0.2) is 0 Å².